The zero-order valence-electron chi connectivity index (χ0n) is 15.6. The summed E-state index contributed by atoms with van der Waals surface area (Å²) in [5, 5.41) is 0. The Balaban J connectivity index is 1.85. The number of rotatable bonds is 16. The van der Waals surface area contributed by atoms with Gasteiger partial charge in [-0.05, 0) is 25.5 Å². The van der Waals surface area contributed by atoms with Crippen LogP contribution in [-0.4, -0.2) is 65.2 Å². The van der Waals surface area contributed by atoms with E-state index in [1.807, 2.05) is 12.2 Å². The maximum absolute atomic E-state index is 10.7. The molecule has 1 atom stereocenters. The van der Waals surface area contributed by atoms with Crippen molar-refractivity contribution in [1.29, 1.82) is 0 Å². The molecule has 0 spiro atoms. The molecule has 0 saturated carbocycles. The third-order valence-electron chi connectivity index (χ3n) is 3.50. The van der Waals surface area contributed by atoms with Crippen molar-refractivity contribution >= 4 is 28.6 Å². The van der Waals surface area contributed by atoms with Gasteiger partial charge in [-0.1, -0.05) is 6.92 Å². The number of hydrogen-bond donors (Lipinski definition) is 1. The Morgan fingerprint density at radius 2 is 1.54 bits per heavy atom. The number of halogens is 1. The van der Waals surface area contributed by atoms with E-state index in [4.69, 9.17) is 23.7 Å². The summed E-state index contributed by atoms with van der Waals surface area (Å²) in [6, 6.07) is 0. The molecule has 0 heterocycles. The molecule has 0 aromatic carbocycles. The fourth-order valence-corrected chi connectivity index (χ4v) is 2.60. The molecule has 26 heavy (non-hydrogen) atoms. The van der Waals surface area contributed by atoms with Gasteiger partial charge in [0.15, 0.2) is 5.78 Å². The molecule has 1 rings (SSSR count). The lowest BCUT2D eigenvalue weighted by Crippen LogP contribution is -2.16. The minimum absolute atomic E-state index is 0.0168. The first-order valence-electron chi connectivity index (χ1n) is 8.84. The number of ether oxygens (including phenoxy) is 5. The highest BCUT2D eigenvalue weighted by atomic mass is 127. The van der Waals surface area contributed by atoms with E-state index in [0.717, 1.165) is 12.2 Å². The van der Waals surface area contributed by atoms with Gasteiger partial charge in [0.25, 0.3) is 0 Å². The second-order valence-electron chi connectivity index (χ2n) is 5.90. The largest absolute Gasteiger partial charge is 0.495 e. The number of nitrogens with one attached hydrogen (secondary N) is 1. The average molecular weight is 483 g/mol. The van der Waals surface area contributed by atoms with Crippen LogP contribution < -0.4 is 3.53 Å². The van der Waals surface area contributed by atoms with Crippen molar-refractivity contribution < 1.29 is 28.5 Å². The van der Waals surface area contributed by atoms with Gasteiger partial charge in [-0.25, -0.2) is 0 Å². The molecule has 0 radical (unpaired) electrons. The maximum atomic E-state index is 10.7. The lowest BCUT2D eigenvalue weighted by atomic mass is 9.98. The van der Waals surface area contributed by atoms with Crippen LogP contribution in [0.2, 0.25) is 0 Å². The van der Waals surface area contributed by atoms with E-state index in [1.54, 1.807) is 0 Å². The Morgan fingerprint density at radius 3 is 2.04 bits per heavy atom. The molecule has 0 aromatic heterocycles. The van der Waals surface area contributed by atoms with Crippen LogP contribution in [0.15, 0.2) is 23.6 Å². The van der Waals surface area contributed by atoms with Crippen LogP contribution in [0.4, 0.5) is 0 Å². The van der Waals surface area contributed by atoms with Crippen molar-refractivity contribution in [1.82, 2.24) is 3.53 Å². The first kappa shape index (κ1) is 23.4. The SMILES string of the molecule is CC(=O)COCCOCCOCCOCCOC1=CC=C(NI)C[C@H]1C. The van der Waals surface area contributed by atoms with E-state index in [-0.39, 0.29) is 12.4 Å². The number of Topliss-reactive ketones (excluding diaryl/α,β-unsaturated/α-hetero) is 1. The molecule has 150 valence electrons. The van der Waals surface area contributed by atoms with E-state index in [1.165, 1.54) is 12.6 Å². The molecule has 0 amide bonds. The first-order chi connectivity index (χ1) is 12.6. The number of hydrogen-bond acceptors (Lipinski definition) is 7. The van der Waals surface area contributed by atoms with E-state index < -0.39 is 0 Å². The normalized spacial score (nSPS) is 16.8. The second-order valence-corrected chi connectivity index (χ2v) is 6.44. The summed E-state index contributed by atoms with van der Waals surface area (Å²) in [7, 11) is 0. The minimum atomic E-state index is 0.0168. The average Bonchev–Trinajstić information content (AvgIpc) is 2.62. The van der Waals surface area contributed by atoms with Gasteiger partial charge in [0.2, 0.25) is 0 Å². The fourth-order valence-electron chi connectivity index (χ4n) is 2.20. The van der Waals surface area contributed by atoms with Crippen LogP contribution >= 0.6 is 22.9 Å². The highest BCUT2D eigenvalue weighted by molar-refractivity contribution is 14.1. The van der Waals surface area contributed by atoms with Gasteiger partial charge < -0.3 is 27.2 Å². The predicted octanol–water partition coefficient (Wildman–Crippen LogP) is 2.41. The summed E-state index contributed by atoms with van der Waals surface area (Å²) in [6.45, 7) is 7.82. The van der Waals surface area contributed by atoms with Crippen molar-refractivity contribution in [2.75, 3.05) is 59.5 Å². The van der Waals surface area contributed by atoms with Crippen molar-refractivity contribution in [3.8, 4) is 0 Å². The van der Waals surface area contributed by atoms with Crippen molar-refractivity contribution in [3.63, 3.8) is 0 Å². The van der Waals surface area contributed by atoms with Crippen molar-refractivity contribution in [2.45, 2.75) is 20.3 Å². The predicted molar refractivity (Wildman–Crippen MR) is 107 cm³/mol. The van der Waals surface area contributed by atoms with E-state index in [9.17, 15) is 4.79 Å². The van der Waals surface area contributed by atoms with Gasteiger partial charge in [0.05, 0.1) is 74.9 Å². The Bertz CT molecular complexity index is 455. The Morgan fingerprint density at radius 1 is 1.00 bits per heavy atom. The van der Waals surface area contributed by atoms with Crippen LogP contribution in [-0.2, 0) is 28.5 Å². The molecule has 0 unspecified atom stereocenters. The lowest BCUT2D eigenvalue weighted by molar-refractivity contribution is -0.122. The van der Waals surface area contributed by atoms with Crippen LogP contribution in [0.1, 0.15) is 20.3 Å². The van der Waals surface area contributed by atoms with Crippen LogP contribution in [0.25, 0.3) is 0 Å². The smallest absolute Gasteiger partial charge is 0.155 e. The summed E-state index contributed by atoms with van der Waals surface area (Å²) in [4.78, 5) is 10.7. The van der Waals surface area contributed by atoms with Gasteiger partial charge >= 0.3 is 0 Å². The van der Waals surface area contributed by atoms with Crippen molar-refractivity contribution in [3.05, 3.63) is 23.6 Å². The van der Waals surface area contributed by atoms with Crippen LogP contribution in [0.5, 0.6) is 0 Å². The Kier molecular flexibility index (Phi) is 13.8. The summed E-state index contributed by atoms with van der Waals surface area (Å²) in [6.07, 6.45) is 5.03. The number of carbonyl (C=O) groups excluding carboxylic acids is 1. The Labute approximate surface area is 169 Å². The number of carbonyl (C=O) groups is 1. The molecule has 0 saturated heterocycles. The summed E-state index contributed by atoms with van der Waals surface area (Å²) in [5.41, 5.74) is 1.21. The molecule has 0 aromatic rings. The molecule has 0 bridgehead atoms. The molecule has 1 N–H and O–H groups in total. The first-order valence-corrected chi connectivity index (χ1v) is 9.92. The zero-order chi connectivity index (χ0) is 19.0. The van der Waals surface area contributed by atoms with E-state index in [0.29, 0.717) is 58.8 Å². The molecular weight excluding hydrogens is 453 g/mol. The molecule has 0 aliphatic heterocycles. The zero-order valence-corrected chi connectivity index (χ0v) is 17.8. The van der Waals surface area contributed by atoms with Gasteiger partial charge in [-0.2, -0.15) is 0 Å². The molecular formula is C18H30INO6. The van der Waals surface area contributed by atoms with E-state index in [2.05, 4.69) is 33.3 Å². The summed E-state index contributed by atoms with van der Waals surface area (Å²) >= 11 is 2.14. The highest BCUT2D eigenvalue weighted by Crippen LogP contribution is 2.24. The topological polar surface area (TPSA) is 75.3 Å². The van der Waals surface area contributed by atoms with Crippen LogP contribution in [0, 0.1) is 5.92 Å². The third-order valence-corrected chi connectivity index (χ3v) is 4.19. The maximum Gasteiger partial charge on any atom is 0.155 e. The standard InChI is InChI=1S/C18H30INO6/c1-15-13-17(20-19)3-4-18(15)26-12-11-24-8-7-22-5-6-23-9-10-25-14-16(2)21/h3-4,15,20H,5-14H2,1-2H3/t15-/m1/s1. The second kappa shape index (κ2) is 15.4. The third kappa shape index (κ3) is 11.8. The van der Waals surface area contributed by atoms with E-state index >= 15 is 0 Å². The molecule has 1 aliphatic rings. The van der Waals surface area contributed by atoms with Gasteiger partial charge in [0, 0.05) is 11.6 Å². The fraction of sp³-hybridized carbons (Fsp3) is 0.722. The summed E-state index contributed by atoms with van der Waals surface area (Å²) in [5.74, 6) is 1.40. The van der Waals surface area contributed by atoms with Gasteiger partial charge in [-0.15, -0.1) is 0 Å². The highest BCUT2D eigenvalue weighted by Gasteiger charge is 2.15. The molecule has 7 nitrogen and oxygen atoms in total. The minimum Gasteiger partial charge on any atom is -0.495 e. The van der Waals surface area contributed by atoms with Gasteiger partial charge in [0.1, 0.15) is 13.2 Å². The quantitative estimate of drug-likeness (QED) is 0.205. The number of ketones is 1. The monoisotopic (exact) mass is 483 g/mol. The van der Waals surface area contributed by atoms with Crippen LogP contribution in [0.3, 0.4) is 0 Å². The summed E-state index contributed by atoms with van der Waals surface area (Å²) < 4.78 is 30.2. The molecule has 0 fully saturated rings. The number of allylic oxidation sites excluding steroid dienone is 4. The van der Waals surface area contributed by atoms with Crippen molar-refractivity contribution in [2.24, 2.45) is 5.92 Å². The van der Waals surface area contributed by atoms with Gasteiger partial charge in [-0.3, -0.25) is 4.79 Å². The molecule has 1 aliphatic carbocycles. The Hall–Kier alpha value is -0.680. The lowest BCUT2D eigenvalue weighted by Gasteiger charge is -2.21. The molecule has 8 heteroatoms.